The summed E-state index contributed by atoms with van der Waals surface area (Å²) in [7, 11) is 0. The van der Waals surface area contributed by atoms with Crippen molar-refractivity contribution in [3.8, 4) is 0 Å². The molecule has 0 saturated carbocycles. The molecule has 0 heterocycles. The van der Waals surface area contributed by atoms with Crippen molar-refractivity contribution in [1.82, 2.24) is 5.32 Å². The molecule has 21 heavy (non-hydrogen) atoms. The molecule has 0 aliphatic carbocycles. The fourth-order valence-electron chi connectivity index (χ4n) is 1.67. The molecule has 0 spiro atoms. The third-order valence-electron chi connectivity index (χ3n) is 2.84. The second-order valence-corrected chi connectivity index (χ2v) is 6.31. The summed E-state index contributed by atoms with van der Waals surface area (Å²) >= 11 is 7.63. The molecule has 0 bridgehead atoms. The largest absolute Gasteiger partial charge is 0.392 e. The van der Waals surface area contributed by atoms with Gasteiger partial charge in [0, 0.05) is 17.7 Å². The second-order valence-electron chi connectivity index (χ2n) is 4.51. The van der Waals surface area contributed by atoms with E-state index in [0.717, 1.165) is 24.0 Å². The summed E-state index contributed by atoms with van der Waals surface area (Å²) in [5.41, 5.74) is 5.17. The summed E-state index contributed by atoms with van der Waals surface area (Å²) in [5, 5.41) is 13.7. The molecule has 3 N–H and O–H groups in total. The zero-order chi connectivity index (χ0) is 16.0. The zero-order valence-electron chi connectivity index (χ0n) is 11.9. The SMILES string of the molecule is CCSCCC(C)NC(=O)c1cc(Cl)c(N)c([N+](=O)[O-])c1. The topological polar surface area (TPSA) is 98.3 Å². The summed E-state index contributed by atoms with van der Waals surface area (Å²) < 4.78 is 0. The van der Waals surface area contributed by atoms with Crippen LogP contribution in [0.25, 0.3) is 0 Å². The highest BCUT2D eigenvalue weighted by atomic mass is 35.5. The van der Waals surface area contributed by atoms with Crippen LogP contribution < -0.4 is 11.1 Å². The van der Waals surface area contributed by atoms with Crippen LogP contribution in [-0.2, 0) is 0 Å². The fourth-order valence-corrected chi connectivity index (χ4v) is 2.69. The number of nitro groups is 1. The minimum atomic E-state index is -0.653. The van der Waals surface area contributed by atoms with Crippen LogP contribution in [0.15, 0.2) is 12.1 Å². The first-order valence-corrected chi connectivity index (χ1v) is 8.02. The normalized spacial score (nSPS) is 12.0. The number of rotatable bonds is 7. The zero-order valence-corrected chi connectivity index (χ0v) is 13.5. The number of benzene rings is 1. The number of halogens is 1. The van der Waals surface area contributed by atoms with Gasteiger partial charge in [-0.3, -0.25) is 14.9 Å². The highest BCUT2D eigenvalue weighted by Gasteiger charge is 2.20. The Bertz CT molecular complexity index is 540. The second kappa shape index (κ2) is 8.09. The van der Waals surface area contributed by atoms with Crippen LogP contribution in [0, 0.1) is 10.1 Å². The van der Waals surface area contributed by atoms with E-state index in [9.17, 15) is 14.9 Å². The Balaban J connectivity index is 2.81. The Morgan fingerprint density at radius 3 is 2.81 bits per heavy atom. The minimum absolute atomic E-state index is 0.00328. The van der Waals surface area contributed by atoms with E-state index in [2.05, 4.69) is 12.2 Å². The molecule has 1 rings (SSSR count). The van der Waals surface area contributed by atoms with Gasteiger partial charge >= 0.3 is 0 Å². The van der Waals surface area contributed by atoms with E-state index in [-0.39, 0.29) is 28.0 Å². The lowest BCUT2D eigenvalue weighted by Crippen LogP contribution is -2.33. The van der Waals surface area contributed by atoms with E-state index >= 15 is 0 Å². The molecule has 6 nitrogen and oxygen atoms in total. The number of carbonyl (C=O) groups excluding carboxylic acids is 1. The molecular formula is C13H18ClN3O3S. The fraction of sp³-hybridized carbons (Fsp3) is 0.462. The average Bonchev–Trinajstić information content (AvgIpc) is 2.41. The Morgan fingerprint density at radius 2 is 2.24 bits per heavy atom. The molecule has 0 aromatic heterocycles. The lowest BCUT2D eigenvalue weighted by molar-refractivity contribution is -0.383. The van der Waals surface area contributed by atoms with E-state index in [1.165, 1.54) is 6.07 Å². The first-order chi connectivity index (χ1) is 9.86. The van der Waals surface area contributed by atoms with Crippen LogP contribution in [0.5, 0.6) is 0 Å². The van der Waals surface area contributed by atoms with E-state index in [4.69, 9.17) is 17.3 Å². The highest BCUT2D eigenvalue weighted by Crippen LogP contribution is 2.30. The molecule has 1 aromatic carbocycles. The molecule has 1 amide bonds. The molecular weight excluding hydrogens is 314 g/mol. The lowest BCUT2D eigenvalue weighted by Gasteiger charge is -2.14. The standard InChI is InChI=1S/C13H18ClN3O3S/c1-3-21-5-4-8(2)16-13(18)9-6-10(14)12(15)11(7-9)17(19)20/h6-8H,3-5,15H2,1-2H3,(H,16,18). The van der Waals surface area contributed by atoms with Crippen LogP contribution >= 0.6 is 23.4 Å². The van der Waals surface area contributed by atoms with Gasteiger partial charge in [0.2, 0.25) is 0 Å². The minimum Gasteiger partial charge on any atom is -0.392 e. The van der Waals surface area contributed by atoms with E-state index in [1.54, 1.807) is 11.8 Å². The quantitative estimate of drug-likeness (QED) is 0.346. The number of anilines is 1. The van der Waals surface area contributed by atoms with Gasteiger partial charge in [-0.05, 0) is 30.9 Å². The van der Waals surface area contributed by atoms with Crippen LogP contribution in [0.1, 0.15) is 30.6 Å². The smallest absolute Gasteiger partial charge is 0.294 e. The molecule has 1 atom stereocenters. The first kappa shape index (κ1) is 17.6. The van der Waals surface area contributed by atoms with Gasteiger partial charge in [-0.15, -0.1) is 0 Å². The van der Waals surface area contributed by atoms with Gasteiger partial charge in [0.15, 0.2) is 0 Å². The number of nitrogen functional groups attached to an aromatic ring is 1. The van der Waals surface area contributed by atoms with Gasteiger partial charge in [-0.1, -0.05) is 18.5 Å². The van der Waals surface area contributed by atoms with Crippen molar-refractivity contribution in [2.24, 2.45) is 0 Å². The number of hydrogen-bond donors (Lipinski definition) is 2. The lowest BCUT2D eigenvalue weighted by atomic mass is 10.1. The van der Waals surface area contributed by atoms with Gasteiger partial charge in [-0.25, -0.2) is 0 Å². The van der Waals surface area contributed by atoms with Crippen LogP contribution in [0.3, 0.4) is 0 Å². The molecule has 0 aliphatic rings. The van der Waals surface area contributed by atoms with E-state index < -0.39 is 10.8 Å². The van der Waals surface area contributed by atoms with Gasteiger partial charge in [0.05, 0.1) is 9.95 Å². The number of nitrogens with zero attached hydrogens (tertiary/aromatic N) is 1. The van der Waals surface area contributed by atoms with Crippen molar-refractivity contribution in [2.45, 2.75) is 26.3 Å². The maximum absolute atomic E-state index is 12.1. The van der Waals surface area contributed by atoms with Gasteiger partial charge in [-0.2, -0.15) is 11.8 Å². The Labute approximate surface area is 132 Å². The maximum atomic E-state index is 12.1. The molecule has 0 radical (unpaired) electrons. The van der Waals surface area contributed by atoms with Crippen LogP contribution in [-0.4, -0.2) is 28.4 Å². The summed E-state index contributed by atoms with van der Waals surface area (Å²) in [5.74, 6) is 1.58. The number of carbonyl (C=O) groups is 1. The number of nitrogens with two attached hydrogens (primary N) is 1. The molecule has 8 heteroatoms. The van der Waals surface area contributed by atoms with E-state index in [1.807, 2.05) is 6.92 Å². The monoisotopic (exact) mass is 331 g/mol. The van der Waals surface area contributed by atoms with Crippen molar-refractivity contribution in [1.29, 1.82) is 0 Å². The summed E-state index contributed by atoms with van der Waals surface area (Å²) in [6, 6.07) is 2.46. The van der Waals surface area contributed by atoms with Gasteiger partial charge in [0.25, 0.3) is 11.6 Å². The third kappa shape index (κ3) is 5.09. The molecule has 0 aliphatic heterocycles. The van der Waals surface area contributed by atoms with Crippen molar-refractivity contribution in [3.63, 3.8) is 0 Å². The van der Waals surface area contributed by atoms with Crippen molar-refractivity contribution in [3.05, 3.63) is 32.8 Å². The Morgan fingerprint density at radius 1 is 1.57 bits per heavy atom. The molecule has 1 unspecified atom stereocenters. The first-order valence-electron chi connectivity index (χ1n) is 6.48. The summed E-state index contributed by atoms with van der Waals surface area (Å²) in [6.45, 7) is 3.96. The van der Waals surface area contributed by atoms with Crippen molar-refractivity contribution >= 4 is 40.6 Å². The number of amides is 1. The number of thioether (sulfide) groups is 1. The van der Waals surface area contributed by atoms with Crippen molar-refractivity contribution in [2.75, 3.05) is 17.2 Å². The molecule has 0 fully saturated rings. The highest BCUT2D eigenvalue weighted by molar-refractivity contribution is 7.99. The van der Waals surface area contributed by atoms with E-state index in [0.29, 0.717) is 0 Å². The van der Waals surface area contributed by atoms with Crippen molar-refractivity contribution < 1.29 is 9.72 Å². The Kier molecular flexibility index (Phi) is 6.77. The predicted molar refractivity (Wildman–Crippen MR) is 87.1 cm³/mol. The van der Waals surface area contributed by atoms with Crippen LogP contribution in [0.4, 0.5) is 11.4 Å². The molecule has 1 aromatic rings. The predicted octanol–water partition coefficient (Wildman–Crippen LogP) is 3.09. The number of nitrogens with one attached hydrogen (secondary N) is 1. The van der Waals surface area contributed by atoms with Gasteiger partial charge in [0.1, 0.15) is 5.69 Å². The molecule has 116 valence electrons. The average molecular weight is 332 g/mol. The number of hydrogen-bond acceptors (Lipinski definition) is 5. The summed E-state index contributed by atoms with van der Waals surface area (Å²) in [4.78, 5) is 22.3. The summed E-state index contributed by atoms with van der Waals surface area (Å²) in [6.07, 6.45) is 0.828. The van der Waals surface area contributed by atoms with Gasteiger partial charge < -0.3 is 11.1 Å². The third-order valence-corrected chi connectivity index (χ3v) is 4.09. The number of nitro benzene ring substituents is 1. The van der Waals surface area contributed by atoms with Crippen LogP contribution in [0.2, 0.25) is 5.02 Å². The molecule has 0 saturated heterocycles. The maximum Gasteiger partial charge on any atom is 0.294 e. The Hall–Kier alpha value is -1.47.